The first-order valence-corrected chi connectivity index (χ1v) is 6.29. The van der Waals surface area contributed by atoms with Crippen LogP contribution in [0.1, 0.15) is 18.5 Å². The van der Waals surface area contributed by atoms with E-state index in [9.17, 15) is 0 Å². The van der Waals surface area contributed by atoms with Crippen molar-refractivity contribution in [1.29, 1.82) is 0 Å². The second-order valence-electron chi connectivity index (χ2n) is 4.60. The van der Waals surface area contributed by atoms with Gasteiger partial charge in [0.05, 0.1) is 17.5 Å². The van der Waals surface area contributed by atoms with Crippen LogP contribution >= 0.6 is 0 Å². The molecular formula is C13H18N4. The van der Waals surface area contributed by atoms with Crippen LogP contribution in [0.5, 0.6) is 0 Å². The van der Waals surface area contributed by atoms with Crippen molar-refractivity contribution >= 4 is 11.2 Å². The fourth-order valence-electron chi connectivity index (χ4n) is 2.53. The summed E-state index contributed by atoms with van der Waals surface area (Å²) < 4.78 is 2.07. The molecule has 1 aliphatic rings. The zero-order valence-electron chi connectivity index (χ0n) is 9.97. The highest BCUT2D eigenvalue weighted by Gasteiger charge is 2.13. The molecule has 90 valence electrons. The van der Waals surface area contributed by atoms with Gasteiger partial charge < -0.3 is 15.0 Å². The Morgan fingerprint density at radius 3 is 2.88 bits per heavy atom. The van der Waals surface area contributed by atoms with E-state index in [0.29, 0.717) is 6.54 Å². The van der Waals surface area contributed by atoms with Crippen LogP contribution in [0.2, 0.25) is 0 Å². The first kappa shape index (κ1) is 10.6. The Balaban J connectivity index is 2.00. The molecule has 0 aliphatic carbocycles. The highest BCUT2D eigenvalue weighted by molar-refractivity contribution is 5.62. The lowest BCUT2D eigenvalue weighted by Gasteiger charge is -2.17. The van der Waals surface area contributed by atoms with Crippen molar-refractivity contribution in [3.05, 3.63) is 30.4 Å². The minimum Gasteiger partial charge on any atom is -0.371 e. The second kappa shape index (κ2) is 4.37. The first-order valence-electron chi connectivity index (χ1n) is 6.29. The van der Waals surface area contributed by atoms with E-state index in [2.05, 4.69) is 32.6 Å². The average molecular weight is 230 g/mol. The first-order chi connectivity index (χ1) is 8.38. The molecule has 1 aliphatic heterocycles. The van der Waals surface area contributed by atoms with Crippen molar-refractivity contribution in [3.8, 4) is 0 Å². The zero-order valence-corrected chi connectivity index (χ0v) is 9.97. The maximum Gasteiger partial charge on any atom is 0.0995 e. The van der Waals surface area contributed by atoms with Gasteiger partial charge in [0.25, 0.3) is 0 Å². The fraction of sp³-hybridized carbons (Fsp3) is 0.462. The maximum absolute atomic E-state index is 5.61. The molecule has 1 fully saturated rings. The molecule has 17 heavy (non-hydrogen) atoms. The van der Waals surface area contributed by atoms with Crippen molar-refractivity contribution in [2.24, 2.45) is 5.73 Å². The van der Waals surface area contributed by atoms with Gasteiger partial charge in [-0.2, -0.15) is 0 Å². The van der Waals surface area contributed by atoms with Crippen LogP contribution in [0.4, 0.5) is 5.69 Å². The summed E-state index contributed by atoms with van der Waals surface area (Å²) in [5.74, 6) is 0. The summed E-state index contributed by atoms with van der Waals surface area (Å²) >= 11 is 0. The third-order valence-electron chi connectivity index (χ3n) is 3.45. The van der Waals surface area contributed by atoms with Gasteiger partial charge in [0.2, 0.25) is 0 Å². The Kier molecular flexibility index (Phi) is 2.73. The van der Waals surface area contributed by atoms with Gasteiger partial charge in [-0.3, -0.25) is 0 Å². The standard InChI is InChI=1S/C13H18N4/c14-5-3-12-13-9-11(16-6-1-2-7-16)4-8-17(13)10-15-12/h4,8-10H,1-3,5-7,14H2. The molecule has 0 aromatic carbocycles. The van der Waals surface area contributed by atoms with Crippen molar-refractivity contribution in [1.82, 2.24) is 9.38 Å². The van der Waals surface area contributed by atoms with Gasteiger partial charge in [-0.1, -0.05) is 0 Å². The quantitative estimate of drug-likeness (QED) is 0.867. The van der Waals surface area contributed by atoms with Crippen molar-refractivity contribution in [2.45, 2.75) is 19.3 Å². The molecular weight excluding hydrogens is 212 g/mol. The average Bonchev–Trinajstić information content (AvgIpc) is 2.98. The van der Waals surface area contributed by atoms with Crippen LogP contribution in [0.25, 0.3) is 5.52 Å². The number of rotatable bonds is 3. The van der Waals surface area contributed by atoms with Gasteiger partial charge >= 0.3 is 0 Å². The molecule has 0 saturated carbocycles. The van der Waals surface area contributed by atoms with E-state index in [1.54, 1.807) is 0 Å². The third kappa shape index (κ3) is 1.89. The summed E-state index contributed by atoms with van der Waals surface area (Å²) in [6, 6.07) is 4.41. The van der Waals surface area contributed by atoms with Gasteiger partial charge in [-0.25, -0.2) is 4.98 Å². The number of aromatic nitrogens is 2. The highest BCUT2D eigenvalue weighted by atomic mass is 15.1. The van der Waals surface area contributed by atoms with E-state index >= 15 is 0 Å². The van der Waals surface area contributed by atoms with Crippen LogP contribution in [0, 0.1) is 0 Å². The number of pyridine rings is 1. The maximum atomic E-state index is 5.61. The number of anilines is 1. The summed E-state index contributed by atoms with van der Waals surface area (Å²) in [5, 5.41) is 0. The SMILES string of the molecule is NCCc1ncn2ccc(N3CCCC3)cc12. The van der Waals surface area contributed by atoms with E-state index in [1.807, 2.05) is 6.33 Å². The van der Waals surface area contributed by atoms with E-state index in [1.165, 1.54) is 37.1 Å². The number of hydrogen-bond donors (Lipinski definition) is 1. The Morgan fingerprint density at radius 2 is 2.12 bits per heavy atom. The van der Waals surface area contributed by atoms with Gasteiger partial charge in [0.1, 0.15) is 0 Å². The van der Waals surface area contributed by atoms with Gasteiger partial charge in [-0.05, 0) is 31.5 Å². The van der Waals surface area contributed by atoms with Gasteiger partial charge in [-0.15, -0.1) is 0 Å². The third-order valence-corrected chi connectivity index (χ3v) is 3.45. The number of fused-ring (bicyclic) bond motifs is 1. The zero-order chi connectivity index (χ0) is 11.7. The summed E-state index contributed by atoms with van der Waals surface area (Å²) in [5.41, 5.74) is 9.22. The fourth-order valence-corrected chi connectivity index (χ4v) is 2.53. The lowest BCUT2D eigenvalue weighted by Crippen LogP contribution is -2.17. The van der Waals surface area contributed by atoms with Crippen molar-refractivity contribution in [3.63, 3.8) is 0 Å². The molecule has 0 amide bonds. The van der Waals surface area contributed by atoms with E-state index in [0.717, 1.165) is 12.1 Å². The summed E-state index contributed by atoms with van der Waals surface area (Å²) in [4.78, 5) is 6.86. The molecule has 3 rings (SSSR count). The summed E-state index contributed by atoms with van der Waals surface area (Å²) in [7, 11) is 0. The predicted octanol–water partition coefficient (Wildman–Crippen LogP) is 1.44. The van der Waals surface area contributed by atoms with E-state index in [4.69, 9.17) is 5.73 Å². The molecule has 4 nitrogen and oxygen atoms in total. The molecule has 2 N–H and O–H groups in total. The van der Waals surface area contributed by atoms with Crippen LogP contribution in [0.3, 0.4) is 0 Å². The molecule has 2 aromatic rings. The second-order valence-corrected chi connectivity index (χ2v) is 4.60. The summed E-state index contributed by atoms with van der Waals surface area (Å²) in [6.07, 6.45) is 7.42. The van der Waals surface area contributed by atoms with Crippen LogP contribution < -0.4 is 10.6 Å². The summed E-state index contributed by atoms with van der Waals surface area (Å²) in [6.45, 7) is 3.01. The monoisotopic (exact) mass is 230 g/mol. The number of imidazole rings is 1. The lowest BCUT2D eigenvalue weighted by atomic mass is 10.2. The Hall–Kier alpha value is -1.55. The largest absolute Gasteiger partial charge is 0.371 e. The topological polar surface area (TPSA) is 46.6 Å². The van der Waals surface area contributed by atoms with E-state index in [-0.39, 0.29) is 0 Å². The molecule has 3 heterocycles. The molecule has 0 radical (unpaired) electrons. The number of nitrogens with zero attached hydrogens (tertiary/aromatic N) is 3. The van der Waals surface area contributed by atoms with E-state index < -0.39 is 0 Å². The van der Waals surface area contributed by atoms with Gasteiger partial charge in [0, 0.05) is 31.4 Å². The minimum absolute atomic E-state index is 0.653. The molecule has 0 bridgehead atoms. The normalized spacial score (nSPS) is 15.9. The van der Waals surface area contributed by atoms with Gasteiger partial charge in [0.15, 0.2) is 0 Å². The molecule has 1 saturated heterocycles. The number of hydrogen-bond acceptors (Lipinski definition) is 3. The molecule has 4 heteroatoms. The Bertz CT molecular complexity index is 511. The predicted molar refractivity (Wildman–Crippen MR) is 69.4 cm³/mol. The van der Waals surface area contributed by atoms with Crippen molar-refractivity contribution < 1.29 is 0 Å². The number of nitrogens with two attached hydrogens (primary N) is 1. The van der Waals surface area contributed by atoms with Crippen molar-refractivity contribution in [2.75, 3.05) is 24.5 Å². The smallest absolute Gasteiger partial charge is 0.0995 e. The van der Waals surface area contributed by atoms with Crippen LogP contribution in [-0.2, 0) is 6.42 Å². The highest BCUT2D eigenvalue weighted by Crippen LogP contribution is 2.23. The Morgan fingerprint density at radius 1 is 1.29 bits per heavy atom. The molecule has 0 unspecified atom stereocenters. The Labute approximate surface area is 101 Å². The van der Waals surface area contributed by atoms with Crippen LogP contribution in [0.15, 0.2) is 24.7 Å². The van der Waals surface area contributed by atoms with Crippen LogP contribution in [-0.4, -0.2) is 29.0 Å². The molecule has 2 aromatic heterocycles. The molecule has 0 atom stereocenters. The minimum atomic E-state index is 0.653. The molecule has 0 spiro atoms. The lowest BCUT2D eigenvalue weighted by molar-refractivity contribution is 0.941.